The summed E-state index contributed by atoms with van der Waals surface area (Å²) in [6.07, 6.45) is 0. The molecule has 0 saturated heterocycles. The normalized spacial score (nSPS) is 10.7. The number of nitrogens with one attached hydrogen (secondary N) is 1. The van der Waals surface area contributed by atoms with Crippen molar-refractivity contribution in [1.29, 1.82) is 0 Å². The SMILES string of the molecule is Clc1ccc(SNc2c(-c3ccccc3)cc(-c3ccccc3)cc2-c2ccccc2)cc1. The van der Waals surface area contributed by atoms with E-state index in [9.17, 15) is 0 Å². The number of hydrogen-bond donors (Lipinski definition) is 1. The summed E-state index contributed by atoms with van der Waals surface area (Å²) in [6.45, 7) is 0. The van der Waals surface area contributed by atoms with Gasteiger partial charge in [0.05, 0.1) is 5.69 Å². The molecule has 1 N–H and O–H groups in total. The van der Waals surface area contributed by atoms with E-state index in [4.69, 9.17) is 11.6 Å². The monoisotopic (exact) mass is 463 g/mol. The maximum absolute atomic E-state index is 6.09. The zero-order valence-corrected chi connectivity index (χ0v) is 19.5. The molecule has 0 radical (unpaired) electrons. The summed E-state index contributed by atoms with van der Waals surface area (Å²) in [5, 5.41) is 0.738. The molecule has 5 aromatic rings. The summed E-state index contributed by atoms with van der Waals surface area (Å²) in [4.78, 5) is 1.10. The molecule has 1 nitrogen and oxygen atoms in total. The summed E-state index contributed by atoms with van der Waals surface area (Å²) < 4.78 is 3.67. The summed E-state index contributed by atoms with van der Waals surface area (Å²) in [7, 11) is 0. The first-order chi connectivity index (χ1) is 16.3. The van der Waals surface area contributed by atoms with Crippen LogP contribution in [-0.4, -0.2) is 0 Å². The van der Waals surface area contributed by atoms with E-state index in [-0.39, 0.29) is 0 Å². The Morgan fingerprint density at radius 1 is 0.485 bits per heavy atom. The molecule has 33 heavy (non-hydrogen) atoms. The van der Waals surface area contributed by atoms with Crippen LogP contribution in [0.2, 0.25) is 5.02 Å². The van der Waals surface area contributed by atoms with Gasteiger partial charge in [0, 0.05) is 21.0 Å². The van der Waals surface area contributed by atoms with Gasteiger partial charge in [-0.15, -0.1) is 0 Å². The van der Waals surface area contributed by atoms with E-state index in [0.717, 1.165) is 26.7 Å². The van der Waals surface area contributed by atoms with Gasteiger partial charge in [0.2, 0.25) is 0 Å². The molecule has 160 valence electrons. The van der Waals surface area contributed by atoms with Crippen molar-refractivity contribution < 1.29 is 0 Å². The predicted molar refractivity (Wildman–Crippen MR) is 144 cm³/mol. The zero-order valence-electron chi connectivity index (χ0n) is 17.9. The van der Waals surface area contributed by atoms with Gasteiger partial charge in [0.15, 0.2) is 0 Å². The van der Waals surface area contributed by atoms with Crippen molar-refractivity contribution in [1.82, 2.24) is 0 Å². The summed E-state index contributed by atoms with van der Waals surface area (Å²) in [5.41, 5.74) is 8.15. The third kappa shape index (κ3) is 4.98. The van der Waals surface area contributed by atoms with E-state index in [2.05, 4.69) is 108 Å². The topological polar surface area (TPSA) is 12.0 Å². The molecular weight excluding hydrogens is 442 g/mol. The van der Waals surface area contributed by atoms with Crippen molar-refractivity contribution in [3.8, 4) is 33.4 Å². The van der Waals surface area contributed by atoms with Crippen LogP contribution in [-0.2, 0) is 0 Å². The number of rotatable bonds is 6. The molecule has 0 aliphatic rings. The average Bonchev–Trinajstić information content (AvgIpc) is 2.89. The molecule has 0 aliphatic carbocycles. The maximum Gasteiger partial charge on any atom is 0.0601 e. The van der Waals surface area contributed by atoms with E-state index in [0.29, 0.717) is 0 Å². The first kappa shape index (κ1) is 21.4. The van der Waals surface area contributed by atoms with Gasteiger partial charge in [-0.2, -0.15) is 0 Å². The largest absolute Gasteiger partial charge is 0.325 e. The molecular formula is C30H22ClNS. The Morgan fingerprint density at radius 3 is 1.42 bits per heavy atom. The molecule has 0 heterocycles. The van der Waals surface area contributed by atoms with Gasteiger partial charge in [-0.05, 0) is 70.6 Å². The van der Waals surface area contributed by atoms with Crippen LogP contribution >= 0.6 is 23.5 Å². The lowest BCUT2D eigenvalue weighted by Crippen LogP contribution is -1.96. The molecule has 0 amide bonds. The minimum Gasteiger partial charge on any atom is -0.325 e. The number of hydrogen-bond acceptors (Lipinski definition) is 2. The molecule has 3 heteroatoms. The molecule has 0 unspecified atom stereocenters. The first-order valence-corrected chi connectivity index (χ1v) is 12.0. The lowest BCUT2D eigenvalue weighted by Gasteiger charge is -2.19. The van der Waals surface area contributed by atoms with Crippen molar-refractivity contribution in [3.05, 3.63) is 132 Å². The summed E-state index contributed by atoms with van der Waals surface area (Å²) in [6, 6.07) is 44.1. The smallest absolute Gasteiger partial charge is 0.0601 e. The van der Waals surface area contributed by atoms with Gasteiger partial charge in [0.25, 0.3) is 0 Å². The van der Waals surface area contributed by atoms with Gasteiger partial charge in [-0.25, -0.2) is 0 Å². The van der Waals surface area contributed by atoms with E-state index in [1.54, 1.807) is 11.9 Å². The second-order valence-electron chi connectivity index (χ2n) is 7.70. The van der Waals surface area contributed by atoms with Gasteiger partial charge in [0.1, 0.15) is 0 Å². The van der Waals surface area contributed by atoms with Crippen LogP contribution in [0.1, 0.15) is 0 Å². The highest BCUT2D eigenvalue weighted by Gasteiger charge is 2.15. The van der Waals surface area contributed by atoms with Crippen LogP contribution in [0.15, 0.2) is 132 Å². The number of benzene rings is 5. The molecule has 0 aromatic heterocycles. The Kier molecular flexibility index (Phi) is 6.48. The fraction of sp³-hybridized carbons (Fsp3) is 0. The van der Waals surface area contributed by atoms with Crippen molar-refractivity contribution >= 4 is 29.2 Å². The summed E-state index contributed by atoms with van der Waals surface area (Å²) in [5.74, 6) is 0. The maximum atomic E-state index is 6.09. The standard InChI is InChI=1S/C30H22ClNS/c31-26-16-18-27(19-17-26)33-32-30-28(23-12-6-2-7-13-23)20-25(22-10-4-1-5-11-22)21-29(30)24-14-8-3-9-15-24/h1-21,32H. The van der Waals surface area contributed by atoms with E-state index < -0.39 is 0 Å². The Balaban J connectivity index is 1.69. The lowest BCUT2D eigenvalue weighted by molar-refractivity contribution is 1.46. The molecule has 0 spiro atoms. The van der Waals surface area contributed by atoms with Crippen molar-refractivity contribution in [2.24, 2.45) is 0 Å². The highest BCUT2D eigenvalue weighted by atomic mass is 35.5. The van der Waals surface area contributed by atoms with Gasteiger partial charge in [-0.3, -0.25) is 0 Å². The van der Waals surface area contributed by atoms with E-state index in [1.165, 1.54) is 22.3 Å². The van der Waals surface area contributed by atoms with Crippen LogP contribution in [0.3, 0.4) is 0 Å². The quantitative estimate of drug-likeness (QED) is 0.251. The second-order valence-corrected chi connectivity index (χ2v) is 9.02. The molecule has 0 aliphatic heterocycles. The van der Waals surface area contributed by atoms with Crippen molar-refractivity contribution in [3.63, 3.8) is 0 Å². The van der Waals surface area contributed by atoms with E-state index in [1.807, 2.05) is 24.3 Å². The lowest BCUT2D eigenvalue weighted by atomic mass is 9.91. The first-order valence-electron chi connectivity index (χ1n) is 10.8. The highest BCUT2D eigenvalue weighted by Crippen LogP contribution is 2.42. The average molecular weight is 464 g/mol. The predicted octanol–water partition coefficient (Wildman–Crippen LogP) is 9.46. The minimum absolute atomic E-state index is 0.738. The molecule has 0 fully saturated rings. The third-order valence-electron chi connectivity index (χ3n) is 5.50. The Labute approximate surface area is 204 Å². The second kappa shape index (κ2) is 9.99. The molecule has 5 rings (SSSR count). The minimum atomic E-state index is 0.738. The fourth-order valence-corrected chi connectivity index (χ4v) is 4.69. The van der Waals surface area contributed by atoms with Crippen LogP contribution in [0.25, 0.3) is 33.4 Å². The van der Waals surface area contributed by atoms with Crippen molar-refractivity contribution in [2.75, 3.05) is 4.72 Å². The van der Waals surface area contributed by atoms with Crippen LogP contribution in [0, 0.1) is 0 Å². The molecule has 5 aromatic carbocycles. The van der Waals surface area contributed by atoms with E-state index >= 15 is 0 Å². The zero-order chi connectivity index (χ0) is 22.5. The Morgan fingerprint density at radius 2 is 0.939 bits per heavy atom. The van der Waals surface area contributed by atoms with Gasteiger partial charge in [-0.1, -0.05) is 103 Å². The molecule has 0 bridgehead atoms. The van der Waals surface area contributed by atoms with Crippen molar-refractivity contribution in [2.45, 2.75) is 4.90 Å². The highest BCUT2D eigenvalue weighted by molar-refractivity contribution is 8.00. The number of halogens is 1. The van der Waals surface area contributed by atoms with Crippen LogP contribution < -0.4 is 4.72 Å². The van der Waals surface area contributed by atoms with Crippen LogP contribution in [0.4, 0.5) is 5.69 Å². The molecule has 0 saturated carbocycles. The Hall–Kier alpha value is -3.46. The molecule has 0 atom stereocenters. The Bertz CT molecular complexity index is 1270. The fourth-order valence-electron chi connectivity index (χ4n) is 3.85. The summed E-state index contributed by atoms with van der Waals surface area (Å²) >= 11 is 7.68. The van der Waals surface area contributed by atoms with Crippen LogP contribution in [0.5, 0.6) is 0 Å². The third-order valence-corrected chi connectivity index (χ3v) is 6.57. The van der Waals surface area contributed by atoms with Gasteiger partial charge < -0.3 is 4.72 Å². The number of anilines is 1. The van der Waals surface area contributed by atoms with Gasteiger partial charge >= 0.3 is 0 Å².